The van der Waals surface area contributed by atoms with Crippen LogP contribution < -0.4 is 16.0 Å². The second kappa shape index (κ2) is 7.09. The summed E-state index contributed by atoms with van der Waals surface area (Å²) < 4.78 is 6.27. The van der Waals surface area contributed by atoms with Gasteiger partial charge in [0.2, 0.25) is 0 Å². The highest BCUT2D eigenvalue weighted by atomic mass is 79.9. The van der Waals surface area contributed by atoms with Gasteiger partial charge in [0.15, 0.2) is 0 Å². The summed E-state index contributed by atoms with van der Waals surface area (Å²) >= 11 is 3.55. The molecule has 0 bridgehead atoms. The van der Waals surface area contributed by atoms with Gasteiger partial charge in [0.25, 0.3) is 0 Å². The molecule has 1 aliphatic heterocycles. The largest absolute Gasteiger partial charge is 0.496 e. The Balaban J connectivity index is 2.12. The molecule has 0 spiro atoms. The first-order valence-corrected chi connectivity index (χ1v) is 8.32. The number of hydrogen-bond donors (Lipinski definition) is 2. The van der Waals surface area contributed by atoms with Crippen molar-refractivity contribution in [2.75, 3.05) is 20.2 Å². The van der Waals surface area contributed by atoms with Crippen LogP contribution in [0.15, 0.2) is 22.7 Å². The Morgan fingerprint density at radius 1 is 1.38 bits per heavy atom. The molecule has 1 aromatic carbocycles. The number of likely N-dealkylation sites (tertiary alicyclic amines) is 1. The first kappa shape index (κ1) is 16.7. The van der Waals surface area contributed by atoms with E-state index in [2.05, 4.69) is 52.2 Å². The number of nitrogens with one attached hydrogen (secondary N) is 1. The second-order valence-corrected chi connectivity index (χ2v) is 7.09. The number of halogens is 1. The lowest BCUT2D eigenvalue weighted by Gasteiger charge is -2.42. The maximum atomic E-state index is 5.86. The summed E-state index contributed by atoms with van der Waals surface area (Å²) in [6, 6.07) is 6.42. The van der Waals surface area contributed by atoms with Gasteiger partial charge < -0.3 is 4.74 Å². The van der Waals surface area contributed by atoms with Crippen LogP contribution in [0.25, 0.3) is 0 Å². The fraction of sp³-hybridized carbons (Fsp3) is 0.625. The van der Waals surface area contributed by atoms with E-state index in [0.717, 1.165) is 29.7 Å². The predicted octanol–water partition coefficient (Wildman–Crippen LogP) is 2.71. The molecule has 21 heavy (non-hydrogen) atoms. The fourth-order valence-corrected chi connectivity index (χ4v) is 3.69. The van der Waals surface area contributed by atoms with Crippen LogP contribution in [0.3, 0.4) is 0 Å². The standard InChI is InChI=1S/C16H26BrN3O/c1-16(2,20-8-4-5-9-20)15(19-18)11-12-6-7-14(21-3)13(17)10-12/h6-7,10,15,19H,4-5,8-9,11,18H2,1-3H3. The van der Waals surface area contributed by atoms with Crippen LogP contribution in [0.4, 0.5) is 0 Å². The van der Waals surface area contributed by atoms with Crippen molar-refractivity contribution in [2.24, 2.45) is 5.84 Å². The van der Waals surface area contributed by atoms with Gasteiger partial charge in [0.1, 0.15) is 5.75 Å². The minimum absolute atomic E-state index is 0.0393. The Labute approximate surface area is 136 Å². The van der Waals surface area contributed by atoms with Crippen LogP contribution >= 0.6 is 15.9 Å². The second-order valence-electron chi connectivity index (χ2n) is 6.24. The van der Waals surface area contributed by atoms with E-state index in [4.69, 9.17) is 10.6 Å². The van der Waals surface area contributed by atoms with Crippen molar-refractivity contribution >= 4 is 15.9 Å². The molecule has 3 N–H and O–H groups in total. The molecule has 4 nitrogen and oxygen atoms in total. The molecule has 1 heterocycles. The zero-order valence-corrected chi connectivity index (χ0v) is 14.7. The number of nitrogens with zero attached hydrogens (tertiary/aromatic N) is 1. The summed E-state index contributed by atoms with van der Waals surface area (Å²) in [4.78, 5) is 2.54. The zero-order chi connectivity index (χ0) is 15.5. The van der Waals surface area contributed by atoms with E-state index >= 15 is 0 Å². The van der Waals surface area contributed by atoms with Crippen LogP contribution in [0.2, 0.25) is 0 Å². The van der Waals surface area contributed by atoms with Crippen LogP contribution in [0, 0.1) is 0 Å². The van der Waals surface area contributed by atoms with Crippen LogP contribution in [0.5, 0.6) is 5.75 Å². The minimum atomic E-state index is 0.0393. The smallest absolute Gasteiger partial charge is 0.133 e. The van der Waals surface area contributed by atoms with Gasteiger partial charge in [-0.1, -0.05) is 6.07 Å². The minimum Gasteiger partial charge on any atom is -0.496 e. The number of nitrogens with two attached hydrogens (primary N) is 1. The molecule has 1 unspecified atom stereocenters. The van der Waals surface area contributed by atoms with Crippen molar-refractivity contribution in [3.8, 4) is 5.75 Å². The summed E-state index contributed by atoms with van der Waals surface area (Å²) in [6.07, 6.45) is 3.46. The summed E-state index contributed by atoms with van der Waals surface area (Å²) in [5, 5.41) is 0. The number of benzene rings is 1. The van der Waals surface area contributed by atoms with Gasteiger partial charge in [-0.3, -0.25) is 16.2 Å². The lowest BCUT2D eigenvalue weighted by Crippen LogP contribution is -2.59. The van der Waals surface area contributed by atoms with Crippen LogP contribution in [-0.4, -0.2) is 36.7 Å². The molecule has 1 saturated heterocycles. The van der Waals surface area contributed by atoms with Crippen molar-refractivity contribution in [1.29, 1.82) is 0 Å². The van der Waals surface area contributed by atoms with Crippen molar-refractivity contribution in [3.05, 3.63) is 28.2 Å². The van der Waals surface area contributed by atoms with Crippen molar-refractivity contribution in [3.63, 3.8) is 0 Å². The molecular formula is C16H26BrN3O. The first-order chi connectivity index (χ1) is 9.98. The molecular weight excluding hydrogens is 330 g/mol. The Morgan fingerprint density at radius 2 is 2.05 bits per heavy atom. The lowest BCUT2D eigenvalue weighted by molar-refractivity contribution is 0.106. The van der Waals surface area contributed by atoms with Crippen LogP contribution in [0.1, 0.15) is 32.3 Å². The Hall–Kier alpha value is -0.620. The third-order valence-corrected chi connectivity index (χ3v) is 5.25. The van der Waals surface area contributed by atoms with Gasteiger partial charge in [-0.2, -0.15) is 0 Å². The molecule has 1 fully saturated rings. The molecule has 0 radical (unpaired) electrons. The molecule has 0 amide bonds. The van der Waals surface area contributed by atoms with E-state index in [1.807, 2.05) is 6.07 Å². The van der Waals surface area contributed by atoms with Gasteiger partial charge >= 0.3 is 0 Å². The molecule has 5 heteroatoms. The highest BCUT2D eigenvalue weighted by molar-refractivity contribution is 9.10. The molecule has 0 saturated carbocycles. The maximum absolute atomic E-state index is 5.86. The van der Waals surface area contributed by atoms with E-state index in [1.165, 1.54) is 18.4 Å². The quantitative estimate of drug-likeness (QED) is 0.608. The Bertz CT molecular complexity index is 473. The number of hydrazine groups is 1. The highest BCUT2D eigenvalue weighted by Gasteiger charge is 2.36. The number of methoxy groups -OCH3 is 1. The average molecular weight is 356 g/mol. The van der Waals surface area contributed by atoms with Gasteiger partial charge in [-0.15, -0.1) is 0 Å². The SMILES string of the molecule is COc1ccc(CC(NN)C(C)(C)N2CCCC2)cc1Br. The normalized spacial score (nSPS) is 18.0. The Kier molecular flexibility index (Phi) is 5.66. The maximum Gasteiger partial charge on any atom is 0.133 e. The molecule has 118 valence electrons. The number of hydrogen-bond acceptors (Lipinski definition) is 4. The summed E-state index contributed by atoms with van der Waals surface area (Å²) in [6.45, 7) is 6.89. The molecule has 1 atom stereocenters. The first-order valence-electron chi connectivity index (χ1n) is 7.52. The van der Waals surface area contributed by atoms with E-state index in [9.17, 15) is 0 Å². The van der Waals surface area contributed by atoms with Crippen molar-refractivity contribution in [1.82, 2.24) is 10.3 Å². The summed E-state index contributed by atoms with van der Waals surface area (Å²) in [5.41, 5.74) is 4.31. The van der Waals surface area contributed by atoms with E-state index in [-0.39, 0.29) is 11.6 Å². The third kappa shape index (κ3) is 3.77. The molecule has 0 aliphatic carbocycles. The number of ether oxygens (including phenoxy) is 1. The van der Waals surface area contributed by atoms with Crippen molar-refractivity contribution < 1.29 is 4.74 Å². The van der Waals surface area contributed by atoms with Crippen LogP contribution in [-0.2, 0) is 6.42 Å². The van der Waals surface area contributed by atoms with Gasteiger partial charge in [-0.05, 0) is 79.8 Å². The van der Waals surface area contributed by atoms with Gasteiger partial charge in [-0.25, -0.2) is 0 Å². The third-order valence-electron chi connectivity index (χ3n) is 4.63. The topological polar surface area (TPSA) is 50.5 Å². The predicted molar refractivity (Wildman–Crippen MR) is 90.4 cm³/mol. The summed E-state index contributed by atoms with van der Waals surface area (Å²) in [7, 11) is 1.68. The van der Waals surface area contributed by atoms with E-state index in [0.29, 0.717) is 0 Å². The van der Waals surface area contributed by atoms with E-state index < -0.39 is 0 Å². The monoisotopic (exact) mass is 355 g/mol. The fourth-order valence-electron chi connectivity index (χ4n) is 3.10. The van der Waals surface area contributed by atoms with Gasteiger partial charge in [0.05, 0.1) is 11.6 Å². The molecule has 2 rings (SSSR count). The Morgan fingerprint density at radius 3 is 2.57 bits per heavy atom. The zero-order valence-electron chi connectivity index (χ0n) is 13.2. The average Bonchev–Trinajstić information content (AvgIpc) is 2.99. The molecule has 1 aromatic rings. The van der Waals surface area contributed by atoms with Crippen molar-refractivity contribution in [2.45, 2.75) is 44.7 Å². The number of rotatable bonds is 6. The van der Waals surface area contributed by atoms with E-state index in [1.54, 1.807) is 7.11 Å². The molecule has 1 aliphatic rings. The summed E-state index contributed by atoms with van der Waals surface area (Å²) in [5.74, 6) is 6.71. The lowest BCUT2D eigenvalue weighted by atomic mass is 9.88. The molecule has 0 aromatic heterocycles. The van der Waals surface area contributed by atoms with Gasteiger partial charge in [0, 0.05) is 11.6 Å². The highest BCUT2D eigenvalue weighted by Crippen LogP contribution is 2.29.